The minimum atomic E-state index is -0.249. The molecule has 0 saturated heterocycles. The maximum absolute atomic E-state index is 13.2. The molecule has 2 aromatic rings. The number of rotatable bonds is 4. The molecule has 0 saturated carbocycles. The van der Waals surface area contributed by atoms with Crippen molar-refractivity contribution in [2.45, 2.75) is 52.0 Å². The van der Waals surface area contributed by atoms with Gasteiger partial charge in [-0.25, -0.2) is 14.2 Å². The molecule has 1 aromatic heterocycles. The molecule has 0 aliphatic carbocycles. The topological polar surface area (TPSA) is 64.6 Å². The van der Waals surface area contributed by atoms with E-state index in [0.29, 0.717) is 31.2 Å². The van der Waals surface area contributed by atoms with E-state index in [0.717, 1.165) is 23.5 Å². The molecule has 0 radical (unpaired) electrons. The highest BCUT2D eigenvalue weighted by molar-refractivity contribution is 6.18. The fraction of sp³-hybridized carbons (Fsp3) is 0.476. The van der Waals surface area contributed by atoms with Gasteiger partial charge in [-0.3, -0.25) is 14.8 Å². The van der Waals surface area contributed by atoms with E-state index in [-0.39, 0.29) is 35.7 Å². The third kappa shape index (κ3) is 3.88. The summed E-state index contributed by atoms with van der Waals surface area (Å²) < 4.78 is 13.2. The van der Waals surface area contributed by atoms with Crippen molar-refractivity contribution in [1.82, 2.24) is 14.9 Å². The average molecular weight is 420 g/mol. The number of nitrogens with one attached hydrogen (secondary N) is 1. The molecule has 156 valence electrons. The number of amidine groups is 1. The van der Waals surface area contributed by atoms with Gasteiger partial charge in [0, 0.05) is 12.0 Å². The summed E-state index contributed by atoms with van der Waals surface area (Å²) in [5.41, 5.74) is 1.67. The molecule has 0 spiro atoms. The summed E-state index contributed by atoms with van der Waals surface area (Å²) >= 11 is 0. The van der Waals surface area contributed by atoms with Crippen LogP contribution < -0.4 is 4.90 Å². The van der Waals surface area contributed by atoms with Gasteiger partial charge in [0.1, 0.15) is 17.3 Å². The molecule has 1 atom stereocenters. The fourth-order valence-electron chi connectivity index (χ4n) is 3.68. The Balaban J connectivity index is 0.00000240. The first-order valence-corrected chi connectivity index (χ1v) is 9.80. The zero-order valence-electron chi connectivity index (χ0n) is 17.2. The molecule has 8 heteroatoms. The normalized spacial score (nSPS) is 18.3. The van der Waals surface area contributed by atoms with Gasteiger partial charge in [0.2, 0.25) is 0 Å². The van der Waals surface area contributed by atoms with Crippen LogP contribution in [0.25, 0.3) is 0 Å². The van der Waals surface area contributed by atoms with Gasteiger partial charge in [-0.2, -0.15) is 0 Å². The van der Waals surface area contributed by atoms with E-state index in [1.807, 2.05) is 0 Å². The van der Waals surface area contributed by atoms with Crippen LogP contribution in [0.5, 0.6) is 0 Å². The number of aromatic nitrogens is 2. The van der Waals surface area contributed by atoms with Gasteiger partial charge < -0.3 is 4.98 Å². The molecule has 29 heavy (non-hydrogen) atoms. The number of carbonyl (C=O) groups excluding carboxylic acids is 1. The van der Waals surface area contributed by atoms with Crippen LogP contribution in [0, 0.1) is 5.82 Å². The summed E-state index contributed by atoms with van der Waals surface area (Å²) in [5, 5.41) is 0. The Hall–Kier alpha value is -2.41. The predicted octanol–water partition coefficient (Wildman–Crippen LogP) is 4.29. The quantitative estimate of drug-likeness (QED) is 0.803. The molecule has 4 rings (SSSR count). The summed E-state index contributed by atoms with van der Waals surface area (Å²) in [6, 6.07) is 6.35. The highest BCUT2D eigenvalue weighted by Gasteiger charge is 2.42. The van der Waals surface area contributed by atoms with E-state index in [1.165, 1.54) is 12.1 Å². The molecule has 0 fully saturated rings. The number of carbonyl (C=O) groups is 1. The Morgan fingerprint density at radius 3 is 2.55 bits per heavy atom. The summed E-state index contributed by atoms with van der Waals surface area (Å²) in [6.07, 6.45) is 1.51. The van der Waals surface area contributed by atoms with Crippen molar-refractivity contribution >= 4 is 30.1 Å². The van der Waals surface area contributed by atoms with Crippen molar-refractivity contribution in [2.24, 2.45) is 4.99 Å². The van der Waals surface area contributed by atoms with Crippen LogP contribution in [0.3, 0.4) is 0 Å². The van der Waals surface area contributed by atoms with Crippen molar-refractivity contribution in [3.63, 3.8) is 0 Å². The second kappa shape index (κ2) is 7.78. The maximum atomic E-state index is 13.2. The number of imidazole rings is 1. The Labute approximate surface area is 176 Å². The van der Waals surface area contributed by atoms with Gasteiger partial charge in [0.25, 0.3) is 0 Å². The molecule has 1 aromatic carbocycles. The van der Waals surface area contributed by atoms with E-state index in [9.17, 15) is 9.18 Å². The largest absolute Gasteiger partial charge is 0.337 e. The number of hydrogen-bond donors (Lipinski definition) is 1. The summed E-state index contributed by atoms with van der Waals surface area (Å²) in [6.45, 7) is 9.47. The third-order valence-corrected chi connectivity index (χ3v) is 5.12. The molecule has 6 nitrogen and oxygen atoms in total. The first-order valence-electron chi connectivity index (χ1n) is 9.80. The molecule has 2 amide bonds. The van der Waals surface area contributed by atoms with Crippen molar-refractivity contribution in [3.8, 4) is 0 Å². The van der Waals surface area contributed by atoms with Crippen molar-refractivity contribution in [2.75, 3.05) is 18.0 Å². The lowest BCUT2D eigenvalue weighted by atomic mass is 9.96. The standard InChI is InChI=1S/C21H26FN5O.ClH/c1-5-10-26-18-16(24-19(25-18)21(2,3)4)17-23-15(12-27(17)20(26)28)11-13-6-8-14(22)9-7-13;/h6-9,15H,5,10-12H2,1-4H3,(H,24,25);1H/t15-;/m1./s1. The molecule has 2 aliphatic heterocycles. The minimum Gasteiger partial charge on any atom is -0.337 e. The van der Waals surface area contributed by atoms with Crippen LogP contribution in [0.2, 0.25) is 0 Å². The average Bonchev–Trinajstić information content (AvgIpc) is 3.25. The maximum Gasteiger partial charge on any atom is 0.331 e. The van der Waals surface area contributed by atoms with E-state index >= 15 is 0 Å². The summed E-state index contributed by atoms with van der Waals surface area (Å²) in [4.78, 5) is 29.6. The van der Waals surface area contributed by atoms with Crippen LogP contribution in [0.15, 0.2) is 29.3 Å². The highest BCUT2D eigenvalue weighted by atomic mass is 35.5. The lowest BCUT2D eigenvalue weighted by molar-refractivity contribution is 0.226. The monoisotopic (exact) mass is 419 g/mol. The lowest BCUT2D eigenvalue weighted by Gasteiger charge is -2.32. The van der Waals surface area contributed by atoms with Gasteiger partial charge in [-0.05, 0) is 30.5 Å². The number of anilines is 1. The molecule has 1 N–H and O–H groups in total. The Kier molecular flexibility index (Phi) is 5.72. The smallest absolute Gasteiger partial charge is 0.331 e. The molecular formula is C21H27ClFN5O. The van der Waals surface area contributed by atoms with Gasteiger partial charge >= 0.3 is 6.03 Å². The predicted molar refractivity (Wildman–Crippen MR) is 115 cm³/mol. The third-order valence-electron chi connectivity index (χ3n) is 5.12. The van der Waals surface area contributed by atoms with Crippen molar-refractivity contribution in [3.05, 3.63) is 47.2 Å². The van der Waals surface area contributed by atoms with E-state index in [2.05, 4.69) is 32.7 Å². The minimum absolute atomic E-state index is 0. The van der Waals surface area contributed by atoms with Crippen LogP contribution in [-0.2, 0) is 11.8 Å². The first kappa shape index (κ1) is 21.3. The fourth-order valence-corrected chi connectivity index (χ4v) is 3.68. The van der Waals surface area contributed by atoms with Crippen LogP contribution in [0.4, 0.5) is 15.0 Å². The van der Waals surface area contributed by atoms with Crippen LogP contribution in [-0.4, -0.2) is 45.9 Å². The van der Waals surface area contributed by atoms with Crippen molar-refractivity contribution in [1.29, 1.82) is 0 Å². The Morgan fingerprint density at radius 2 is 1.93 bits per heavy atom. The molecule has 0 unspecified atom stereocenters. The molecule has 3 heterocycles. The molecule has 0 bridgehead atoms. The van der Waals surface area contributed by atoms with Crippen molar-refractivity contribution < 1.29 is 9.18 Å². The number of fused-ring (bicyclic) bond motifs is 3. The SMILES string of the molecule is CCCN1C(=O)N2C[C@@H](Cc3ccc(F)cc3)N=C2c2[nH]c(C(C)(C)C)nc21.Cl. The summed E-state index contributed by atoms with van der Waals surface area (Å²) in [5.74, 6) is 1.94. The number of aromatic amines is 1. The number of urea groups is 1. The second-order valence-electron chi connectivity index (χ2n) is 8.52. The Morgan fingerprint density at radius 1 is 1.24 bits per heavy atom. The number of benzene rings is 1. The number of halogens is 2. The number of amides is 2. The van der Waals surface area contributed by atoms with Gasteiger partial charge in [0.05, 0.1) is 12.6 Å². The lowest BCUT2D eigenvalue weighted by Crippen LogP contribution is -2.50. The van der Waals surface area contributed by atoms with Crippen LogP contribution in [0.1, 0.15) is 51.2 Å². The zero-order valence-corrected chi connectivity index (χ0v) is 18.0. The van der Waals surface area contributed by atoms with E-state index in [1.54, 1.807) is 21.9 Å². The van der Waals surface area contributed by atoms with E-state index in [4.69, 9.17) is 9.98 Å². The second-order valence-corrected chi connectivity index (χ2v) is 8.52. The van der Waals surface area contributed by atoms with Gasteiger partial charge in [0.15, 0.2) is 11.7 Å². The number of aliphatic imine (C=N–C) groups is 1. The van der Waals surface area contributed by atoms with Gasteiger partial charge in [-0.1, -0.05) is 39.8 Å². The highest BCUT2D eigenvalue weighted by Crippen LogP contribution is 2.33. The molecule has 2 aliphatic rings. The number of hydrogen-bond acceptors (Lipinski definition) is 3. The zero-order chi connectivity index (χ0) is 20.1. The van der Waals surface area contributed by atoms with Gasteiger partial charge in [-0.15, -0.1) is 12.4 Å². The van der Waals surface area contributed by atoms with Crippen LogP contribution >= 0.6 is 12.4 Å². The molecular weight excluding hydrogens is 393 g/mol. The van der Waals surface area contributed by atoms with E-state index < -0.39 is 0 Å². The number of H-pyrrole nitrogens is 1. The Bertz CT molecular complexity index is 932. The summed E-state index contributed by atoms with van der Waals surface area (Å²) in [7, 11) is 0. The first-order chi connectivity index (χ1) is 13.3. The number of nitrogens with zero attached hydrogens (tertiary/aromatic N) is 4.